The van der Waals surface area contributed by atoms with Crippen LogP contribution < -0.4 is 10.1 Å². The Kier molecular flexibility index (Phi) is 5.75. The second-order valence-electron chi connectivity index (χ2n) is 6.72. The number of aromatic amines is 1. The number of ether oxygens (including phenoxy) is 1. The standard InChI is InChI=1S/C20H17ClFN5O3S/c1-31(28,29)11-10-23-18-16-17(12-6-2-3-7-13(12)21)26-27-19(16)25-20(24-18)30-15-9-5-4-8-14(15)22/h2-9H,10-11H2,1H3,(H2,23,24,25,26,27). The number of fused-ring (bicyclic) bond motifs is 1. The van der Waals surface area contributed by atoms with Gasteiger partial charge in [-0.15, -0.1) is 0 Å². The molecule has 2 heterocycles. The van der Waals surface area contributed by atoms with Crippen LogP contribution in [0.3, 0.4) is 0 Å². The fourth-order valence-electron chi connectivity index (χ4n) is 2.91. The maximum atomic E-state index is 14.0. The number of benzene rings is 2. The number of anilines is 1. The number of para-hydroxylation sites is 1. The average molecular weight is 462 g/mol. The van der Waals surface area contributed by atoms with Crippen molar-refractivity contribution in [2.24, 2.45) is 0 Å². The minimum Gasteiger partial charge on any atom is -0.421 e. The van der Waals surface area contributed by atoms with Crippen molar-refractivity contribution in [3.63, 3.8) is 0 Å². The Morgan fingerprint density at radius 2 is 1.87 bits per heavy atom. The van der Waals surface area contributed by atoms with E-state index in [1.54, 1.807) is 24.3 Å². The van der Waals surface area contributed by atoms with Crippen molar-refractivity contribution in [3.8, 4) is 23.0 Å². The predicted molar refractivity (Wildman–Crippen MR) is 117 cm³/mol. The molecule has 4 aromatic rings. The van der Waals surface area contributed by atoms with Crippen molar-refractivity contribution in [2.45, 2.75) is 0 Å². The zero-order valence-corrected chi connectivity index (χ0v) is 17.8. The summed E-state index contributed by atoms with van der Waals surface area (Å²) in [5, 5.41) is 11.1. The molecule has 0 aliphatic rings. The molecule has 0 radical (unpaired) electrons. The van der Waals surface area contributed by atoms with Crippen molar-refractivity contribution < 1.29 is 17.5 Å². The highest BCUT2D eigenvalue weighted by Gasteiger charge is 2.20. The van der Waals surface area contributed by atoms with Crippen LogP contribution in [-0.4, -0.2) is 47.1 Å². The molecule has 0 saturated heterocycles. The third-order valence-electron chi connectivity index (χ3n) is 4.33. The minimum absolute atomic E-state index is 0.0465. The normalized spacial score (nSPS) is 11.6. The van der Waals surface area contributed by atoms with Crippen molar-refractivity contribution in [1.82, 2.24) is 20.2 Å². The highest BCUT2D eigenvalue weighted by atomic mass is 35.5. The summed E-state index contributed by atoms with van der Waals surface area (Å²) in [6.07, 6.45) is 1.14. The van der Waals surface area contributed by atoms with Gasteiger partial charge in [-0.05, 0) is 18.2 Å². The Hall–Kier alpha value is -3.24. The molecule has 31 heavy (non-hydrogen) atoms. The highest BCUT2D eigenvalue weighted by Crippen LogP contribution is 2.35. The number of aromatic nitrogens is 4. The van der Waals surface area contributed by atoms with Gasteiger partial charge in [-0.2, -0.15) is 15.1 Å². The number of rotatable bonds is 7. The van der Waals surface area contributed by atoms with Gasteiger partial charge in [0.2, 0.25) is 0 Å². The van der Waals surface area contributed by atoms with E-state index in [1.807, 2.05) is 6.07 Å². The molecule has 0 aliphatic heterocycles. The van der Waals surface area contributed by atoms with E-state index in [-0.39, 0.29) is 29.9 Å². The topological polar surface area (TPSA) is 110 Å². The van der Waals surface area contributed by atoms with Gasteiger partial charge in [0.25, 0.3) is 0 Å². The van der Waals surface area contributed by atoms with Crippen molar-refractivity contribution in [1.29, 1.82) is 0 Å². The van der Waals surface area contributed by atoms with E-state index >= 15 is 0 Å². The molecule has 8 nitrogen and oxygen atoms in total. The van der Waals surface area contributed by atoms with Gasteiger partial charge in [0.05, 0.1) is 16.2 Å². The molecule has 160 valence electrons. The molecule has 0 fully saturated rings. The number of H-pyrrole nitrogens is 1. The Balaban J connectivity index is 1.80. The van der Waals surface area contributed by atoms with Gasteiger partial charge in [0, 0.05) is 18.4 Å². The molecule has 0 amide bonds. The molecule has 0 saturated carbocycles. The molecular weight excluding hydrogens is 445 g/mol. The maximum absolute atomic E-state index is 14.0. The van der Waals surface area contributed by atoms with Crippen LogP contribution in [0.25, 0.3) is 22.3 Å². The van der Waals surface area contributed by atoms with Gasteiger partial charge in [-0.1, -0.05) is 41.9 Å². The number of hydrogen-bond donors (Lipinski definition) is 2. The third kappa shape index (κ3) is 4.75. The first-order valence-corrected chi connectivity index (χ1v) is 11.6. The number of hydrogen-bond acceptors (Lipinski definition) is 7. The summed E-state index contributed by atoms with van der Waals surface area (Å²) < 4.78 is 42.6. The molecule has 2 aromatic heterocycles. The first-order valence-electron chi connectivity index (χ1n) is 9.17. The van der Waals surface area contributed by atoms with Crippen molar-refractivity contribution >= 4 is 38.3 Å². The Bertz CT molecular complexity index is 1360. The van der Waals surface area contributed by atoms with Crippen LogP contribution in [0, 0.1) is 5.82 Å². The van der Waals surface area contributed by atoms with Gasteiger partial charge in [0.1, 0.15) is 21.3 Å². The first-order chi connectivity index (χ1) is 14.8. The Morgan fingerprint density at radius 1 is 1.13 bits per heavy atom. The van der Waals surface area contributed by atoms with Crippen LogP contribution in [0.2, 0.25) is 5.02 Å². The average Bonchev–Trinajstić information content (AvgIpc) is 3.13. The van der Waals surface area contributed by atoms with Crippen molar-refractivity contribution in [2.75, 3.05) is 23.9 Å². The zero-order chi connectivity index (χ0) is 22.0. The molecule has 11 heteroatoms. The lowest BCUT2D eigenvalue weighted by Crippen LogP contribution is -2.15. The number of nitrogens with one attached hydrogen (secondary N) is 2. The largest absolute Gasteiger partial charge is 0.421 e. The van der Waals surface area contributed by atoms with Gasteiger partial charge >= 0.3 is 6.01 Å². The van der Waals surface area contributed by atoms with Gasteiger partial charge in [0.15, 0.2) is 17.2 Å². The van der Waals surface area contributed by atoms with Gasteiger partial charge < -0.3 is 10.1 Å². The molecule has 0 bridgehead atoms. The van der Waals surface area contributed by atoms with Crippen molar-refractivity contribution in [3.05, 3.63) is 59.4 Å². The monoisotopic (exact) mass is 461 g/mol. The number of sulfone groups is 1. The van der Waals surface area contributed by atoms with E-state index in [1.165, 1.54) is 18.2 Å². The van der Waals surface area contributed by atoms with E-state index in [9.17, 15) is 12.8 Å². The Morgan fingerprint density at radius 3 is 2.61 bits per heavy atom. The molecule has 0 spiro atoms. The summed E-state index contributed by atoms with van der Waals surface area (Å²) in [6.45, 7) is 0.0945. The number of nitrogens with zero attached hydrogens (tertiary/aromatic N) is 3. The summed E-state index contributed by atoms with van der Waals surface area (Å²) in [5.41, 5.74) is 1.45. The lowest BCUT2D eigenvalue weighted by Gasteiger charge is -2.10. The van der Waals surface area contributed by atoms with Crippen LogP contribution in [0.1, 0.15) is 0 Å². The summed E-state index contributed by atoms with van der Waals surface area (Å²) in [5.74, 6) is -0.445. The van der Waals surface area contributed by atoms with Crippen LogP contribution >= 0.6 is 11.6 Å². The fraction of sp³-hybridized carbons (Fsp3) is 0.150. The smallest absolute Gasteiger partial charge is 0.326 e. The summed E-state index contributed by atoms with van der Waals surface area (Å²) in [7, 11) is -3.20. The summed E-state index contributed by atoms with van der Waals surface area (Å²) in [4.78, 5) is 8.62. The lowest BCUT2D eigenvalue weighted by molar-refractivity contribution is 0.413. The maximum Gasteiger partial charge on any atom is 0.326 e. The molecule has 4 rings (SSSR count). The minimum atomic E-state index is -3.20. The molecule has 0 aliphatic carbocycles. The van der Waals surface area contributed by atoms with E-state index < -0.39 is 15.7 Å². The highest BCUT2D eigenvalue weighted by molar-refractivity contribution is 7.90. The second-order valence-corrected chi connectivity index (χ2v) is 9.39. The SMILES string of the molecule is CS(=O)(=O)CCNc1nc(Oc2ccccc2F)nc2[nH]nc(-c3ccccc3Cl)c12. The summed E-state index contributed by atoms with van der Waals surface area (Å²) in [6, 6.07) is 12.9. The van der Waals surface area contributed by atoms with E-state index in [0.717, 1.165) is 6.26 Å². The second kappa shape index (κ2) is 8.48. The van der Waals surface area contributed by atoms with E-state index in [0.29, 0.717) is 27.3 Å². The molecular formula is C20H17ClFN5O3S. The summed E-state index contributed by atoms with van der Waals surface area (Å²) >= 11 is 6.33. The van der Waals surface area contributed by atoms with Gasteiger partial charge in [-0.25, -0.2) is 12.8 Å². The van der Waals surface area contributed by atoms with E-state index in [2.05, 4.69) is 25.5 Å². The fourth-order valence-corrected chi connectivity index (χ4v) is 3.61. The van der Waals surface area contributed by atoms with Crippen LogP contribution in [0.4, 0.5) is 10.2 Å². The third-order valence-corrected chi connectivity index (χ3v) is 5.61. The molecule has 2 N–H and O–H groups in total. The first kappa shape index (κ1) is 21.0. The van der Waals surface area contributed by atoms with Crippen LogP contribution in [-0.2, 0) is 9.84 Å². The van der Waals surface area contributed by atoms with Gasteiger partial charge in [-0.3, -0.25) is 5.10 Å². The molecule has 0 unspecified atom stereocenters. The van der Waals surface area contributed by atoms with E-state index in [4.69, 9.17) is 16.3 Å². The predicted octanol–water partition coefficient (Wildman–Crippen LogP) is 4.06. The molecule has 0 atom stereocenters. The van der Waals surface area contributed by atoms with Crippen LogP contribution in [0.5, 0.6) is 11.8 Å². The lowest BCUT2D eigenvalue weighted by atomic mass is 10.1. The quantitative estimate of drug-likeness (QED) is 0.427. The number of halogens is 2. The zero-order valence-electron chi connectivity index (χ0n) is 16.3. The Labute approximate surface area is 182 Å². The molecule has 2 aromatic carbocycles. The van der Waals surface area contributed by atoms with Crippen LogP contribution in [0.15, 0.2) is 48.5 Å².